The molecule has 3 amide bonds. The lowest BCUT2D eigenvalue weighted by Crippen LogP contribution is -2.50. The predicted octanol–water partition coefficient (Wildman–Crippen LogP) is 2.88. The van der Waals surface area contributed by atoms with E-state index in [4.69, 9.17) is 4.74 Å². The molecule has 1 saturated heterocycles. The highest BCUT2D eigenvalue weighted by atomic mass is 32.1. The number of piperazine rings is 1. The molecule has 0 spiro atoms. The Morgan fingerprint density at radius 3 is 2.38 bits per heavy atom. The van der Waals surface area contributed by atoms with Gasteiger partial charge in [-0.3, -0.25) is 9.59 Å². The number of hydrogen-bond acceptors (Lipinski definition) is 7. The number of pyridine rings is 1. The van der Waals surface area contributed by atoms with Gasteiger partial charge in [0.25, 0.3) is 5.91 Å². The van der Waals surface area contributed by atoms with Gasteiger partial charge in [-0.15, -0.1) is 11.3 Å². The first-order valence-corrected chi connectivity index (χ1v) is 11.3. The number of carbonyl (C=O) groups is 3. The molecule has 9 nitrogen and oxygen atoms in total. The minimum atomic E-state index is -0.510. The van der Waals surface area contributed by atoms with E-state index in [1.54, 1.807) is 23.2 Å². The monoisotopic (exact) mass is 459 g/mol. The zero-order chi connectivity index (χ0) is 23.3. The smallest absolute Gasteiger partial charge is 0.410 e. The van der Waals surface area contributed by atoms with Gasteiger partial charge in [0.1, 0.15) is 11.4 Å². The van der Waals surface area contributed by atoms with E-state index >= 15 is 0 Å². The van der Waals surface area contributed by atoms with E-state index in [0.717, 1.165) is 10.6 Å². The quantitative estimate of drug-likeness (QED) is 0.713. The van der Waals surface area contributed by atoms with Gasteiger partial charge in [-0.1, -0.05) is 0 Å². The molecule has 2 N–H and O–H groups in total. The second-order valence-electron chi connectivity index (χ2n) is 8.50. The van der Waals surface area contributed by atoms with Crippen LogP contribution in [0.1, 0.15) is 35.3 Å². The van der Waals surface area contributed by atoms with Crippen molar-refractivity contribution in [1.29, 1.82) is 0 Å². The van der Waals surface area contributed by atoms with E-state index in [1.165, 1.54) is 11.3 Å². The molecule has 0 saturated carbocycles. The van der Waals surface area contributed by atoms with E-state index in [9.17, 15) is 14.4 Å². The summed E-state index contributed by atoms with van der Waals surface area (Å²) in [6, 6.07) is 7.19. The fraction of sp³-hybridized carbons (Fsp3) is 0.455. The summed E-state index contributed by atoms with van der Waals surface area (Å²) in [5, 5.41) is 5.28. The number of hydrogen-bond donors (Lipinski definition) is 2. The highest BCUT2D eigenvalue weighted by molar-refractivity contribution is 7.13. The molecule has 0 radical (unpaired) electrons. The summed E-state index contributed by atoms with van der Waals surface area (Å²) in [5.41, 5.74) is 0.401. The highest BCUT2D eigenvalue weighted by Crippen LogP contribution is 2.19. The van der Waals surface area contributed by atoms with Gasteiger partial charge >= 0.3 is 6.09 Å². The maximum Gasteiger partial charge on any atom is 0.410 e. The van der Waals surface area contributed by atoms with E-state index in [0.29, 0.717) is 36.9 Å². The standard InChI is InChI=1S/C22H29N5O4S/c1-15-5-7-17(32-15)20(29)24-14-19(28)25-18-8-6-16(13-23-18)26-9-11-27(12-10-26)21(30)31-22(2,3)4/h5-8,13H,9-12,14H2,1-4H3,(H,24,29)(H,23,25,28). The van der Waals surface area contributed by atoms with Gasteiger partial charge in [0, 0.05) is 31.1 Å². The van der Waals surface area contributed by atoms with Crippen LogP contribution in [0.5, 0.6) is 0 Å². The van der Waals surface area contributed by atoms with Crippen molar-refractivity contribution in [2.45, 2.75) is 33.3 Å². The fourth-order valence-electron chi connectivity index (χ4n) is 3.11. The van der Waals surface area contributed by atoms with Gasteiger partial charge in [0.05, 0.1) is 23.3 Å². The van der Waals surface area contributed by atoms with E-state index in [2.05, 4.69) is 20.5 Å². The number of rotatable bonds is 5. The Morgan fingerprint density at radius 1 is 1.09 bits per heavy atom. The van der Waals surface area contributed by atoms with Gasteiger partial charge in [-0.05, 0) is 52.0 Å². The molecule has 172 valence electrons. The Balaban J connectivity index is 1.44. The minimum absolute atomic E-state index is 0.133. The average Bonchev–Trinajstić information content (AvgIpc) is 3.18. The number of anilines is 2. The van der Waals surface area contributed by atoms with Crippen LogP contribution in [0.2, 0.25) is 0 Å². The summed E-state index contributed by atoms with van der Waals surface area (Å²) in [5.74, 6) is -0.211. The van der Waals surface area contributed by atoms with Gasteiger partial charge in [0.15, 0.2) is 0 Å². The van der Waals surface area contributed by atoms with Crippen LogP contribution in [-0.2, 0) is 9.53 Å². The fourth-order valence-corrected chi connectivity index (χ4v) is 3.90. The van der Waals surface area contributed by atoms with Gasteiger partial charge in [-0.25, -0.2) is 9.78 Å². The molecule has 0 unspecified atom stereocenters. The molecule has 1 fully saturated rings. The second-order valence-corrected chi connectivity index (χ2v) is 9.79. The number of carbonyl (C=O) groups excluding carboxylic acids is 3. The molecular weight excluding hydrogens is 430 g/mol. The molecule has 10 heteroatoms. The molecule has 32 heavy (non-hydrogen) atoms. The normalized spacial score (nSPS) is 14.1. The van der Waals surface area contributed by atoms with Crippen molar-refractivity contribution < 1.29 is 19.1 Å². The Bertz CT molecular complexity index is 959. The summed E-state index contributed by atoms with van der Waals surface area (Å²) in [6.07, 6.45) is 1.39. The summed E-state index contributed by atoms with van der Waals surface area (Å²) >= 11 is 1.38. The third kappa shape index (κ3) is 6.68. The maximum absolute atomic E-state index is 12.2. The van der Waals surface area contributed by atoms with Crippen LogP contribution in [0.15, 0.2) is 30.5 Å². The van der Waals surface area contributed by atoms with Crippen molar-refractivity contribution >= 4 is 40.7 Å². The van der Waals surface area contributed by atoms with E-state index in [1.807, 2.05) is 39.8 Å². The molecular formula is C22H29N5O4S. The topological polar surface area (TPSA) is 104 Å². The number of thiophene rings is 1. The molecule has 3 rings (SSSR count). The average molecular weight is 460 g/mol. The van der Waals surface area contributed by atoms with Gasteiger partial charge in [-0.2, -0.15) is 0 Å². The van der Waals surface area contributed by atoms with Crippen molar-refractivity contribution in [2.24, 2.45) is 0 Å². The lowest BCUT2D eigenvalue weighted by Gasteiger charge is -2.36. The first kappa shape index (κ1) is 23.5. The Hall–Kier alpha value is -3.14. The summed E-state index contributed by atoms with van der Waals surface area (Å²) in [6.45, 7) is 9.81. The van der Waals surface area contributed by atoms with Crippen LogP contribution in [0.25, 0.3) is 0 Å². The number of aryl methyl sites for hydroxylation is 1. The number of nitrogens with zero attached hydrogens (tertiary/aromatic N) is 3. The SMILES string of the molecule is Cc1ccc(C(=O)NCC(=O)Nc2ccc(N3CCN(C(=O)OC(C)(C)C)CC3)cn2)s1. The van der Waals surface area contributed by atoms with Crippen molar-refractivity contribution in [3.8, 4) is 0 Å². The Kier molecular flexibility index (Phi) is 7.34. The molecule has 1 aliphatic rings. The molecule has 0 aliphatic carbocycles. The van der Waals surface area contributed by atoms with Gasteiger partial charge < -0.3 is 25.2 Å². The van der Waals surface area contributed by atoms with Crippen LogP contribution in [0, 0.1) is 6.92 Å². The Morgan fingerprint density at radius 2 is 1.81 bits per heavy atom. The van der Waals surface area contributed by atoms with Gasteiger partial charge in [0.2, 0.25) is 5.91 Å². The summed E-state index contributed by atoms with van der Waals surface area (Å²) in [7, 11) is 0. The first-order chi connectivity index (χ1) is 15.1. The Labute approximate surface area is 191 Å². The second kappa shape index (κ2) is 9.99. The maximum atomic E-state index is 12.2. The van der Waals surface area contributed by atoms with E-state index in [-0.39, 0.29) is 24.5 Å². The zero-order valence-corrected chi connectivity index (χ0v) is 19.6. The lowest BCUT2D eigenvalue weighted by molar-refractivity contribution is -0.115. The molecule has 1 aliphatic heterocycles. The number of nitrogens with one attached hydrogen (secondary N) is 2. The highest BCUT2D eigenvalue weighted by Gasteiger charge is 2.26. The van der Waals surface area contributed by atoms with Crippen LogP contribution in [-0.4, -0.2) is 66.1 Å². The van der Waals surface area contributed by atoms with Crippen LogP contribution >= 0.6 is 11.3 Å². The lowest BCUT2D eigenvalue weighted by atomic mass is 10.2. The molecule has 0 bridgehead atoms. The molecule has 0 atom stereocenters. The molecule has 2 aromatic heterocycles. The largest absolute Gasteiger partial charge is 0.444 e. The summed E-state index contributed by atoms with van der Waals surface area (Å²) < 4.78 is 5.42. The third-order valence-corrected chi connectivity index (χ3v) is 5.68. The molecule has 3 heterocycles. The van der Waals surface area contributed by atoms with Crippen LogP contribution in [0.4, 0.5) is 16.3 Å². The van der Waals surface area contributed by atoms with Crippen molar-refractivity contribution in [3.05, 3.63) is 40.2 Å². The zero-order valence-electron chi connectivity index (χ0n) is 18.8. The van der Waals surface area contributed by atoms with E-state index < -0.39 is 5.60 Å². The van der Waals surface area contributed by atoms with Crippen molar-refractivity contribution in [3.63, 3.8) is 0 Å². The third-order valence-electron chi connectivity index (χ3n) is 4.69. The number of aromatic nitrogens is 1. The molecule has 0 aromatic carbocycles. The van der Waals surface area contributed by atoms with Crippen LogP contribution < -0.4 is 15.5 Å². The van der Waals surface area contributed by atoms with Crippen molar-refractivity contribution in [2.75, 3.05) is 42.9 Å². The van der Waals surface area contributed by atoms with Crippen molar-refractivity contribution in [1.82, 2.24) is 15.2 Å². The number of ether oxygens (including phenoxy) is 1. The first-order valence-electron chi connectivity index (χ1n) is 10.4. The minimum Gasteiger partial charge on any atom is -0.444 e. The number of amides is 3. The van der Waals surface area contributed by atoms with Crippen LogP contribution in [0.3, 0.4) is 0 Å². The summed E-state index contributed by atoms with van der Waals surface area (Å²) in [4.78, 5) is 46.1. The molecule has 2 aromatic rings. The predicted molar refractivity (Wildman–Crippen MR) is 124 cm³/mol.